The molecule has 0 aromatic carbocycles. The number of hydrogen-bond acceptors (Lipinski definition) is 4. The van der Waals surface area contributed by atoms with E-state index in [4.69, 9.17) is 4.74 Å². The van der Waals surface area contributed by atoms with E-state index in [0.29, 0.717) is 19.8 Å². The van der Waals surface area contributed by atoms with Gasteiger partial charge < -0.3 is 15.0 Å². The van der Waals surface area contributed by atoms with Crippen molar-refractivity contribution in [1.82, 2.24) is 15.2 Å². The quantitative estimate of drug-likeness (QED) is 0.913. The predicted molar refractivity (Wildman–Crippen MR) is 89.0 cm³/mol. The monoisotopic (exact) mass is 331 g/mol. The molecule has 0 saturated carbocycles. The molecule has 6 heteroatoms. The highest BCUT2D eigenvalue weighted by Gasteiger charge is 2.35. The number of carbonyl (C=O) groups is 2. The third-order valence-corrected chi connectivity index (χ3v) is 4.79. The summed E-state index contributed by atoms with van der Waals surface area (Å²) in [5.41, 5.74) is 1.75. The first-order valence-electron chi connectivity index (χ1n) is 8.73. The van der Waals surface area contributed by atoms with Gasteiger partial charge in [0.1, 0.15) is 0 Å². The van der Waals surface area contributed by atoms with E-state index in [-0.39, 0.29) is 23.8 Å². The normalized spacial score (nSPS) is 21.7. The maximum absolute atomic E-state index is 12.9. The van der Waals surface area contributed by atoms with Crippen molar-refractivity contribution in [1.29, 1.82) is 0 Å². The van der Waals surface area contributed by atoms with Crippen LogP contribution < -0.4 is 5.32 Å². The van der Waals surface area contributed by atoms with Crippen LogP contribution in [-0.2, 0) is 20.9 Å². The lowest BCUT2D eigenvalue weighted by Crippen LogP contribution is -2.38. The predicted octanol–water partition coefficient (Wildman–Crippen LogP) is 1.81. The van der Waals surface area contributed by atoms with Crippen LogP contribution in [0.15, 0.2) is 18.2 Å². The Hall–Kier alpha value is -1.95. The molecule has 2 aliphatic rings. The van der Waals surface area contributed by atoms with Crippen molar-refractivity contribution in [3.8, 4) is 0 Å². The molecule has 2 amide bonds. The molecular formula is C18H25N3O3. The van der Waals surface area contributed by atoms with Crippen molar-refractivity contribution in [2.24, 2.45) is 5.92 Å². The highest BCUT2D eigenvalue weighted by atomic mass is 16.5. The zero-order chi connectivity index (χ0) is 16.9. The fourth-order valence-electron chi connectivity index (χ4n) is 3.51. The maximum atomic E-state index is 12.9. The van der Waals surface area contributed by atoms with Gasteiger partial charge in [0, 0.05) is 32.6 Å². The van der Waals surface area contributed by atoms with Crippen molar-refractivity contribution in [3.63, 3.8) is 0 Å². The minimum atomic E-state index is -0.0700. The molecule has 0 bridgehead atoms. The third kappa shape index (κ3) is 3.93. The lowest BCUT2D eigenvalue weighted by atomic mass is 9.98. The number of amides is 2. The van der Waals surface area contributed by atoms with Crippen LogP contribution in [0.5, 0.6) is 0 Å². The second-order valence-corrected chi connectivity index (χ2v) is 6.54. The second kappa shape index (κ2) is 7.75. The summed E-state index contributed by atoms with van der Waals surface area (Å²) in [6.45, 7) is 4.08. The molecule has 1 unspecified atom stereocenters. The Morgan fingerprint density at radius 3 is 2.83 bits per heavy atom. The average Bonchev–Trinajstić information content (AvgIpc) is 3.10. The number of likely N-dealkylation sites (tertiary alicyclic amines) is 1. The number of hydrogen-bond donors (Lipinski definition) is 1. The molecule has 1 aromatic rings. The van der Waals surface area contributed by atoms with Crippen molar-refractivity contribution < 1.29 is 14.3 Å². The summed E-state index contributed by atoms with van der Waals surface area (Å²) >= 11 is 0. The van der Waals surface area contributed by atoms with E-state index >= 15 is 0 Å². The van der Waals surface area contributed by atoms with Gasteiger partial charge >= 0.3 is 0 Å². The fraction of sp³-hybridized carbons (Fsp3) is 0.611. The Morgan fingerprint density at radius 2 is 2.08 bits per heavy atom. The molecule has 1 atom stereocenters. The van der Waals surface area contributed by atoms with Crippen LogP contribution in [0.25, 0.3) is 0 Å². The SMILES string of the molecule is CC(=O)NCc1cccc(C2CCCN2C(=O)C2CCOCC2)n1. The molecule has 0 radical (unpaired) electrons. The molecule has 130 valence electrons. The van der Waals surface area contributed by atoms with E-state index in [9.17, 15) is 9.59 Å². The zero-order valence-corrected chi connectivity index (χ0v) is 14.2. The van der Waals surface area contributed by atoms with Gasteiger partial charge in [-0.15, -0.1) is 0 Å². The molecule has 3 rings (SSSR count). The van der Waals surface area contributed by atoms with E-state index in [2.05, 4.69) is 10.3 Å². The Kier molecular flexibility index (Phi) is 5.45. The number of aromatic nitrogens is 1. The average molecular weight is 331 g/mol. The van der Waals surface area contributed by atoms with E-state index in [0.717, 1.165) is 43.6 Å². The Labute approximate surface area is 142 Å². The molecule has 1 N–H and O–H groups in total. The van der Waals surface area contributed by atoms with Crippen LogP contribution in [0, 0.1) is 5.92 Å². The van der Waals surface area contributed by atoms with Gasteiger partial charge in [0.05, 0.1) is 24.0 Å². The van der Waals surface area contributed by atoms with Crippen LogP contribution in [0.4, 0.5) is 0 Å². The number of nitrogens with one attached hydrogen (secondary N) is 1. The number of pyridine rings is 1. The zero-order valence-electron chi connectivity index (χ0n) is 14.2. The summed E-state index contributed by atoms with van der Waals surface area (Å²) in [6, 6.07) is 5.89. The molecule has 3 heterocycles. The Morgan fingerprint density at radius 1 is 1.29 bits per heavy atom. The van der Waals surface area contributed by atoms with E-state index in [1.165, 1.54) is 6.92 Å². The molecule has 2 aliphatic heterocycles. The summed E-state index contributed by atoms with van der Waals surface area (Å²) < 4.78 is 5.37. The van der Waals surface area contributed by atoms with Crippen molar-refractivity contribution in [2.45, 2.75) is 45.2 Å². The van der Waals surface area contributed by atoms with Gasteiger partial charge in [-0.3, -0.25) is 14.6 Å². The lowest BCUT2D eigenvalue weighted by Gasteiger charge is -2.30. The number of nitrogens with zero attached hydrogens (tertiary/aromatic N) is 2. The first kappa shape index (κ1) is 16.9. The van der Waals surface area contributed by atoms with Crippen LogP contribution in [0.2, 0.25) is 0 Å². The molecule has 2 saturated heterocycles. The van der Waals surface area contributed by atoms with E-state index < -0.39 is 0 Å². The first-order valence-corrected chi connectivity index (χ1v) is 8.73. The second-order valence-electron chi connectivity index (χ2n) is 6.54. The van der Waals surface area contributed by atoms with Gasteiger partial charge in [-0.1, -0.05) is 6.07 Å². The third-order valence-electron chi connectivity index (χ3n) is 4.79. The minimum absolute atomic E-state index is 0.0534. The van der Waals surface area contributed by atoms with Gasteiger partial charge in [-0.05, 0) is 37.8 Å². The number of ether oxygens (including phenoxy) is 1. The largest absolute Gasteiger partial charge is 0.381 e. The molecule has 0 spiro atoms. The van der Waals surface area contributed by atoms with E-state index in [1.807, 2.05) is 23.1 Å². The van der Waals surface area contributed by atoms with Crippen LogP contribution >= 0.6 is 0 Å². The molecule has 2 fully saturated rings. The Bertz CT molecular complexity index is 599. The maximum Gasteiger partial charge on any atom is 0.226 e. The van der Waals surface area contributed by atoms with E-state index in [1.54, 1.807) is 0 Å². The smallest absolute Gasteiger partial charge is 0.226 e. The van der Waals surface area contributed by atoms with Crippen LogP contribution in [0.3, 0.4) is 0 Å². The van der Waals surface area contributed by atoms with Gasteiger partial charge in [0.15, 0.2) is 0 Å². The molecule has 6 nitrogen and oxygen atoms in total. The standard InChI is InChI=1S/C18H25N3O3/c1-13(22)19-12-15-4-2-5-16(20-15)17-6-3-9-21(17)18(23)14-7-10-24-11-8-14/h2,4-5,14,17H,3,6-12H2,1H3,(H,19,22). The fourth-order valence-corrected chi connectivity index (χ4v) is 3.51. The summed E-state index contributed by atoms with van der Waals surface area (Å²) in [6.07, 6.45) is 3.60. The van der Waals surface area contributed by atoms with Gasteiger partial charge in [-0.2, -0.15) is 0 Å². The highest BCUT2D eigenvalue weighted by molar-refractivity contribution is 5.79. The first-order chi connectivity index (χ1) is 11.6. The van der Waals surface area contributed by atoms with Gasteiger partial charge in [0.2, 0.25) is 11.8 Å². The molecule has 0 aliphatic carbocycles. The topological polar surface area (TPSA) is 71.5 Å². The van der Waals surface area contributed by atoms with Crippen molar-refractivity contribution >= 4 is 11.8 Å². The molecule has 24 heavy (non-hydrogen) atoms. The molecule has 1 aromatic heterocycles. The van der Waals surface area contributed by atoms with Crippen LogP contribution in [0.1, 0.15) is 50.0 Å². The van der Waals surface area contributed by atoms with Gasteiger partial charge in [-0.25, -0.2) is 0 Å². The lowest BCUT2D eigenvalue weighted by molar-refractivity contribution is -0.139. The van der Waals surface area contributed by atoms with Gasteiger partial charge in [0.25, 0.3) is 0 Å². The number of rotatable bonds is 4. The molecular weight excluding hydrogens is 306 g/mol. The van der Waals surface area contributed by atoms with Crippen molar-refractivity contribution in [2.75, 3.05) is 19.8 Å². The summed E-state index contributed by atoms with van der Waals surface area (Å²) in [4.78, 5) is 30.6. The number of carbonyl (C=O) groups excluding carboxylic acids is 2. The summed E-state index contributed by atoms with van der Waals surface area (Å²) in [5.74, 6) is 0.260. The van der Waals surface area contributed by atoms with Crippen molar-refractivity contribution in [3.05, 3.63) is 29.6 Å². The van der Waals surface area contributed by atoms with Crippen LogP contribution in [-0.4, -0.2) is 41.5 Å². The summed E-state index contributed by atoms with van der Waals surface area (Å²) in [7, 11) is 0. The minimum Gasteiger partial charge on any atom is -0.381 e. The summed E-state index contributed by atoms with van der Waals surface area (Å²) in [5, 5.41) is 2.77. The highest BCUT2D eigenvalue weighted by Crippen LogP contribution is 2.33. The Balaban J connectivity index is 1.71.